The van der Waals surface area contributed by atoms with E-state index in [1.54, 1.807) is 0 Å². The van der Waals surface area contributed by atoms with Crippen LogP contribution in [0.3, 0.4) is 0 Å². The van der Waals surface area contributed by atoms with Crippen LogP contribution in [0.4, 0.5) is 5.13 Å². The fraction of sp³-hybridized carbons (Fsp3) is 0.636. The number of nitrogens with zero attached hydrogens (tertiary/aromatic N) is 2. The van der Waals surface area contributed by atoms with Gasteiger partial charge in [-0.25, -0.2) is 9.78 Å². The molecule has 0 amide bonds. The Balaban J connectivity index is 2.06. The summed E-state index contributed by atoms with van der Waals surface area (Å²) in [6.07, 6.45) is 0. The van der Waals surface area contributed by atoms with Gasteiger partial charge in [-0.3, -0.25) is 0 Å². The molecule has 0 aliphatic carbocycles. The number of thiazole rings is 1. The lowest BCUT2D eigenvalue weighted by Gasteiger charge is -2.38. The molecule has 6 heteroatoms. The third kappa shape index (κ3) is 2.42. The molecule has 0 atom stereocenters. The van der Waals surface area contributed by atoms with Crippen molar-refractivity contribution in [2.45, 2.75) is 19.9 Å². The molecule has 0 saturated carbocycles. The Morgan fingerprint density at radius 1 is 1.65 bits per heavy atom. The third-order valence-corrected chi connectivity index (χ3v) is 4.00. The number of hydrogen-bond acceptors (Lipinski definition) is 6. The van der Waals surface area contributed by atoms with E-state index in [0.717, 1.165) is 23.9 Å². The summed E-state index contributed by atoms with van der Waals surface area (Å²) < 4.78 is 5.00. The minimum Gasteiger partial charge on any atom is -0.462 e. The van der Waals surface area contributed by atoms with Gasteiger partial charge in [-0.1, -0.05) is 11.3 Å². The zero-order valence-electron chi connectivity index (χ0n) is 10.3. The number of nitrogens with one attached hydrogen (secondary N) is 1. The second-order valence-electron chi connectivity index (χ2n) is 4.02. The molecule has 1 N–H and O–H groups in total. The molecule has 1 aliphatic heterocycles. The molecule has 1 aromatic heterocycles. The lowest BCUT2D eigenvalue weighted by Crippen LogP contribution is -2.57. The van der Waals surface area contributed by atoms with Gasteiger partial charge in [-0.2, -0.15) is 0 Å². The summed E-state index contributed by atoms with van der Waals surface area (Å²) in [5.74, 6) is -0.264. The van der Waals surface area contributed by atoms with Gasteiger partial charge >= 0.3 is 5.97 Å². The maximum Gasteiger partial charge on any atom is 0.350 e. The van der Waals surface area contributed by atoms with Crippen molar-refractivity contribution >= 4 is 22.4 Å². The Bertz CT molecular complexity index is 413. The highest BCUT2D eigenvalue weighted by Crippen LogP contribution is 2.29. The number of carbonyl (C=O) groups is 1. The number of likely N-dealkylation sites (N-methyl/N-ethyl adjacent to an activating group) is 1. The van der Waals surface area contributed by atoms with Gasteiger partial charge in [0.2, 0.25) is 0 Å². The van der Waals surface area contributed by atoms with Crippen LogP contribution >= 0.6 is 11.3 Å². The molecule has 1 fully saturated rings. The van der Waals surface area contributed by atoms with E-state index in [0.29, 0.717) is 17.5 Å². The fourth-order valence-electron chi connectivity index (χ4n) is 1.72. The standard InChI is InChI=1S/C11H17N3O2S/c1-4-16-10(15)9-7(2)13-11(17-9)14-5-8(6-14)12-3/h8,12H,4-6H2,1-3H3. The summed E-state index contributed by atoms with van der Waals surface area (Å²) in [6, 6.07) is 0.533. The van der Waals surface area contributed by atoms with Crippen molar-refractivity contribution in [3.63, 3.8) is 0 Å². The van der Waals surface area contributed by atoms with Crippen molar-refractivity contribution in [3.8, 4) is 0 Å². The van der Waals surface area contributed by atoms with E-state index in [-0.39, 0.29) is 5.97 Å². The molecule has 94 valence electrons. The largest absolute Gasteiger partial charge is 0.462 e. The molecule has 2 rings (SSSR count). The van der Waals surface area contributed by atoms with E-state index in [4.69, 9.17) is 4.74 Å². The summed E-state index contributed by atoms with van der Waals surface area (Å²) in [5, 5.41) is 4.12. The Morgan fingerprint density at radius 3 is 2.94 bits per heavy atom. The van der Waals surface area contributed by atoms with Crippen LogP contribution in [-0.4, -0.2) is 43.7 Å². The van der Waals surface area contributed by atoms with Crippen LogP contribution in [0, 0.1) is 6.92 Å². The number of hydrogen-bond donors (Lipinski definition) is 1. The van der Waals surface area contributed by atoms with Crippen LogP contribution in [0.25, 0.3) is 0 Å². The average Bonchev–Trinajstić information content (AvgIpc) is 2.59. The minimum absolute atomic E-state index is 0.264. The summed E-state index contributed by atoms with van der Waals surface area (Å²) >= 11 is 1.42. The normalized spacial score (nSPS) is 15.8. The highest BCUT2D eigenvalue weighted by Gasteiger charge is 2.29. The molecule has 5 nitrogen and oxygen atoms in total. The minimum atomic E-state index is -0.264. The van der Waals surface area contributed by atoms with Gasteiger partial charge in [-0.15, -0.1) is 0 Å². The first kappa shape index (κ1) is 12.3. The lowest BCUT2D eigenvalue weighted by molar-refractivity contribution is 0.0531. The molecule has 0 spiro atoms. The molecular formula is C11H17N3O2S. The van der Waals surface area contributed by atoms with E-state index >= 15 is 0 Å². The topological polar surface area (TPSA) is 54.5 Å². The number of esters is 1. The maximum absolute atomic E-state index is 11.6. The Hall–Kier alpha value is -1.14. The van der Waals surface area contributed by atoms with E-state index in [2.05, 4.69) is 15.2 Å². The highest BCUT2D eigenvalue weighted by atomic mass is 32.1. The van der Waals surface area contributed by atoms with Gasteiger partial charge in [0.1, 0.15) is 4.88 Å². The van der Waals surface area contributed by atoms with Gasteiger partial charge in [0.15, 0.2) is 5.13 Å². The van der Waals surface area contributed by atoms with Crippen LogP contribution in [0.2, 0.25) is 0 Å². The number of ether oxygens (including phenoxy) is 1. The van der Waals surface area contributed by atoms with Crippen molar-refractivity contribution < 1.29 is 9.53 Å². The second kappa shape index (κ2) is 5.01. The quantitative estimate of drug-likeness (QED) is 0.815. The Kier molecular flexibility index (Phi) is 3.63. The van der Waals surface area contributed by atoms with Gasteiger partial charge in [0, 0.05) is 19.1 Å². The Morgan fingerprint density at radius 2 is 2.35 bits per heavy atom. The molecular weight excluding hydrogens is 238 g/mol. The van der Waals surface area contributed by atoms with Crippen molar-refractivity contribution in [2.75, 3.05) is 31.6 Å². The van der Waals surface area contributed by atoms with Crippen molar-refractivity contribution in [1.82, 2.24) is 10.3 Å². The molecule has 0 radical (unpaired) electrons. The van der Waals surface area contributed by atoms with Crippen LogP contribution in [0.5, 0.6) is 0 Å². The van der Waals surface area contributed by atoms with Crippen LogP contribution < -0.4 is 10.2 Å². The molecule has 1 aromatic rings. The van der Waals surface area contributed by atoms with Gasteiger partial charge < -0.3 is 15.0 Å². The average molecular weight is 255 g/mol. The first-order chi connectivity index (χ1) is 8.15. The number of aromatic nitrogens is 1. The van der Waals surface area contributed by atoms with E-state index in [1.807, 2.05) is 20.9 Å². The summed E-state index contributed by atoms with van der Waals surface area (Å²) in [6.45, 7) is 5.96. The van der Waals surface area contributed by atoms with Crippen molar-refractivity contribution in [2.24, 2.45) is 0 Å². The molecule has 17 heavy (non-hydrogen) atoms. The molecule has 1 saturated heterocycles. The molecule has 2 heterocycles. The number of carbonyl (C=O) groups excluding carboxylic acids is 1. The molecule has 0 aromatic carbocycles. The Labute approximate surface area is 105 Å². The van der Waals surface area contributed by atoms with Gasteiger partial charge in [0.05, 0.1) is 12.3 Å². The van der Waals surface area contributed by atoms with Gasteiger partial charge in [0.25, 0.3) is 0 Å². The van der Waals surface area contributed by atoms with E-state index in [1.165, 1.54) is 11.3 Å². The predicted octanol–water partition coefficient (Wildman–Crippen LogP) is 1.04. The van der Waals surface area contributed by atoms with E-state index < -0.39 is 0 Å². The first-order valence-corrected chi connectivity index (χ1v) is 6.54. The first-order valence-electron chi connectivity index (χ1n) is 5.72. The summed E-state index contributed by atoms with van der Waals surface area (Å²) in [4.78, 5) is 18.9. The van der Waals surface area contributed by atoms with Crippen LogP contribution in [0.15, 0.2) is 0 Å². The van der Waals surface area contributed by atoms with Crippen molar-refractivity contribution in [1.29, 1.82) is 0 Å². The smallest absolute Gasteiger partial charge is 0.350 e. The van der Waals surface area contributed by atoms with Gasteiger partial charge in [-0.05, 0) is 20.9 Å². The monoisotopic (exact) mass is 255 g/mol. The third-order valence-electron chi connectivity index (χ3n) is 2.81. The molecule has 0 unspecified atom stereocenters. The zero-order valence-corrected chi connectivity index (χ0v) is 11.1. The second-order valence-corrected chi connectivity index (χ2v) is 5.00. The molecule has 1 aliphatic rings. The summed E-state index contributed by atoms with van der Waals surface area (Å²) in [7, 11) is 1.96. The lowest BCUT2D eigenvalue weighted by atomic mass is 10.1. The zero-order chi connectivity index (χ0) is 12.4. The molecule has 0 bridgehead atoms. The predicted molar refractivity (Wildman–Crippen MR) is 67.9 cm³/mol. The number of rotatable bonds is 4. The number of aryl methyl sites for hydroxylation is 1. The fourth-order valence-corrected chi connectivity index (χ4v) is 2.70. The summed E-state index contributed by atoms with van der Waals surface area (Å²) in [5.41, 5.74) is 0.761. The SMILES string of the molecule is CCOC(=O)c1sc(N2CC(NC)C2)nc1C. The highest BCUT2D eigenvalue weighted by molar-refractivity contribution is 7.17. The maximum atomic E-state index is 11.6. The van der Waals surface area contributed by atoms with Crippen molar-refractivity contribution in [3.05, 3.63) is 10.6 Å². The van der Waals surface area contributed by atoms with E-state index in [9.17, 15) is 4.79 Å². The van der Waals surface area contributed by atoms with Crippen LogP contribution in [0.1, 0.15) is 22.3 Å². The number of anilines is 1. The van der Waals surface area contributed by atoms with Crippen LogP contribution in [-0.2, 0) is 4.74 Å².